The molecule has 1 aliphatic rings. The van der Waals surface area contributed by atoms with Crippen molar-refractivity contribution in [1.29, 1.82) is 0 Å². The van der Waals surface area contributed by atoms with Gasteiger partial charge in [-0.2, -0.15) is 5.10 Å². The highest BCUT2D eigenvalue weighted by molar-refractivity contribution is 6.04. The van der Waals surface area contributed by atoms with Crippen LogP contribution < -0.4 is 5.32 Å². The van der Waals surface area contributed by atoms with Crippen LogP contribution in [0.15, 0.2) is 42.7 Å². The van der Waals surface area contributed by atoms with E-state index in [2.05, 4.69) is 25.5 Å². The van der Waals surface area contributed by atoms with Crippen LogP contribution in [0.25, 0.3) is 10.9 Å². The Morgan fingerprint density at radius 2 is 1.88 bits per heavy atom. The Labute approximate surface area is 138 Å². The smallest absolute Gasteiger partial charge is 0.273 e. The summed E-state index contributed by atoms with van der Waals surface area (Å²) in [7, 11) is 0. The second kappa shape index (κ2) is 6.01. The molecule has 0 radical (unpaired) electrons. The largest absolute Gasteiger partial charge is 0.381 e. The van der Waals surface area contributed by atoms with Crippen LogP contribution in [-0.4, -0.2) is 39.3 Å². The number of rotatable bonds is 3. The molecule has 0 aliphatic carbocycles. The zero-order valence-electron chi connectivity index (χ0n) is 13.0. The predicted molar refractivity (Wildman–Crippen MR) is 87.3 cm³/mol. The van der Waals surface area contributed by atoms with Crippen molar-refractivity contribution in [3.63, 3.8) is 0 Å². The summed E-state index contributed by atoms with van der Waals surface area (Å²) < 4.78 is 5.46. The predicted octanol–water partition coefficient (Wildman–Crippen LogP) is 1.79. The fraction of sp³-hybridized carbons (Fsp3) is 0.294. The zero-order valence-corrected chi connectivity index (χ0v) is 13.0. The number of hydrogen-bond donors (Lipinski definition) is 2. The molecule has 3 aromatic rings. The van der Waals surface area contributed by atoms with Crippen molar-refractivity contribution in [2.24, 2.45) is 0 Å². The van der Waals surface area contributed by atoms with Gasteiger partial charge in [0.15, 0.2) is 11.5 Å². The average Bonchev–Trinajstić information content (AvgIpc) is 3.07. The Balaban J connectivity index is 1.69. The lowest BCUT2D eigenvalue weighted by Gasteiger charge is -2.36. The fourth-order valence-electron chi connectivity index (χ4n) is 3.08. The molecule has 1 fully saturated rings. The van der Waals surface area contributed by atoms with E-state index >= 15 is 0 Å². The Kier molecular flexibility index (Phi) is 3.70. The van der Waals surface area contributed by atoms with Crippen LogP contribution in [0.3, 0.4) is 0 Å². The molecule has 1 aromatic carbocycles. The summed E-state index contributed by atoms with van der Waals surface area (Å²) in [5, 5.41) is 11.0. The van der Waals surface area contributed by atoms with Crippen molar-refractivity contribution in [1.82, 2.24) is 25.5 Å². The van der Waals surface area contributed by atoms with Crippen molar-refractivity contribution in [3.05, 3.63) is 54.2 Å². The molecule has 1 amide bonds. The third-order valence-corrected chi connectivity index (χ3v) is 4.38. The number of nitrogens with zero attached hydrogens (tertiary/aromatic N) is 3. The van der Waals surface area contributed by atoms with Crippen molar-refractivity contribution >= 4 is 16.8 Å². The molecule has 0 atom stereocenters. The van der Waals surface area contributed by atoms with Gasteiger partial charge >= 0.3 is 0 Å². The Morgan fingerprint density at radius 1 is 1.12 bits per heavy atom. The molecule has 1 saturated heterocycles. The van der Waals surface area contributed by atoms with Gasteiger partial charge in [-0.15, -0.1) is 0 Å². The van der Waals surface area contributed by atoms with Gasteiger partial charge in [-0.25, -0.2) is 9.97 Å². The van der Waals surface area contributed by atoms with Crippen LogP contribution >= 0.6 is 0 Å². The molecule has 7 nitrogen and oxygen atoms in total. The number of aromatic nitrogens is 4. The van der Waals surface area contributed by atoms with E-state index in [4.69, 9.17) is 4.74 Å². The van der Waals surface area contributed by atoms with Gasteiger partial charge in [-0.1, -0.05) is 18.2 Å². The topological polar surface area (TPSA) is 92.8 Å². The van der Waals surface area contributed by atoms with E-state index in [9.17, 15) is 4.79 Å². The van der Waals surface area contributed by atoms with Gasteiger partial charge in [0, 0.05) is 43.8 Å². The number of amides is 1. The molecule has 4 rings (SSSR count). The van der Waals surface area contributed by atoms with Crippen LogP contribution in [0.2, 0.25) is 0 Å². The van der Waals surface area contributed by atoms with E-state index in [1.54, 1.807) is 18.5 Å². The number of benzene rings is 1. The molecule has 0 spiro atoms. The highest BCUT2D eigenvalue weighted by atomic mass is 16.5. The summed E-state index contributed by atoms with van der Waals surface area (Å²) in [5.74, 6) is 0.378. The third-order valence-electron chi connectivity index (χ3n) is 4.38. The average molecular weight is 323 g/mol. The normalized spacial score (nSPS) is 16.8. The molecular weight excluding hydrogens is 306 g/mol. The molecule has 0 unspecified atom stereocenters. The first-order valence-electron chi connectivity index (χ1n) is 7.89. The number of H-pyrrole nitrogens is 1. The molecule has 2 aromatic heterocycles. The summed E-state index contributed by atoms with van der Waals surface area (Å²) >= 11 is 0. The maximum Gasteiger partial charge on any atom is 0.273 e. The summed E-state index contributed by atoms with van der Waals surface area (Å²) in [6, 6.07) is 9.33. The maximum absolute atomic E-state index is 12.9. The second-order valence-electron chi connectivity index (χ2n) is 5.84. The monoisotopic (exact) mass is 323 g/mol. The van der Waals surface area contributed by atoms with Gasteiger partial charge in [-0.05, 0) is 12.1 Å². The number of ether oxygens (including phenoxy) is 1. The van der Waals surface area contributed by atoms with E-state index in [0.717, 1.165) is 10.9 Å². The number of carbonyl (C=O) groups is 1. The minimum atomic E-state index is -0.628. The van der Waals surface area contributed by atoms with Crippen LogP contribution in [0.1, 0.15) is 29.2 Å². The first-order chi connectivity index (χ1) is 11.8. The van der Waals surface area contributed by atoms with Crippen molar-refractivity contribution in [3.8, 4) is 0 Å². The van der Waals surface area contributed by atoms with Gasteiger partial charge in [0.25, 0.3) is 5.91 Å². The second-order valence-corrected chi connectivity index (χ2v) is 5.84. The molecule has 0 bridgehead atoms. The van der Waals surface area contributed by atoms with E-state index in [1.807, 2.05) is 24.3 Å². The number of aromatic amines is 1. The lowest BCUT2D eigenvalue weighted by molar-refractivity contribution is 0.0312. The lowest BCUT2D eigenvalue weighted by atomic mass is 9.88. The van der Waals surface area contributed by atoms with E-state index in [-0.39, 0.29) is 5.91 Å². The van der Waals surface area contributed by atoms with Crippen molar-refractivity contribution < 1.29 is 9.53 Å². The van der Waals surface area contributed by atoms with Gasteiger partial charge in [-0.3, -0.25) is 9.89 Å². The van der Waals surface area contributed by atoms with Gasteiger partial charge < -0.3 is 10.1 Å². The molecule has 0 saturated carbocycles. The first kappa shape index (κ1) is 14.8. The molecule has 2 N–H and O–H groups in total. The summed E-state index contributed by atoms with van der Waals surface area (Å²) in [6.07, 6.45) is 4.64. The summed E-state index contributed by atoms with van der Waals surface area (Å²) in [6.45, 7) is 1.11. The third kappa shape index (κ3) is 2.52. The minimum absolute atomic E-state index is 0.234. The van der Waals surface area contributed by atoms with Gasteiger partial charge in [0.2, 0.25) is 0 Å². The van der Waals surface area contributed by atoms with Gasteiger partial charge in [0.1, 0.15) is 5.54 Å². The summed E-state index contributed by atoms with van der Waals surface area (Å²) in [4.78, 5) is 21.6. The molecule has 3 heterocycles. The lowest BCUT2D eigenvalue weighted by Crippen LogP contribution is -2.50. The Hall–Kier alpha value is -2.80. The molecule has 7 heteroatoms. The molecule has 24 heavy (non-hydrogen) atoms. The van der Waals surface area contributed by atoms with Gasteiger partial charge in [0.05, 0.1) is 5.52 Å². The Bertz CT molecular complexity index is 856. The van der Waals surface area contributed by atoms with E-state index < -0.39 is 5.54 Å². The number of para-hydroxylation sites is 1. The highest BCUT2D eigenvalue weighted by Gasteiger charge is 2.39. The molecular formula is C17H17N5O2. The van der Waals surface area contributed by atoms with Crippen LogP contribution in [0, 0.1) is 0 Å². The standard InChI is InChI=1S/C17H17N5O2/c23-15(14-12-4-1-2-5-13(12)21-22-14)20-17(6-10-24-11-7-17)16-18-8-3-9-19-16/h1-5,8-9H,6-7,10-11H2,(H,20,23)(H,21,22). The first-order valence-corrected chi connectivity index (χ1v) is 7.89. The Morgan fingerprint density at radius 3 is 2.67 bits per heavy atom. The fourth-order valence-corrected chi connectivity index (χ4v) is 3.08. The van der Waals surface area contributed by atoms with Crippen LogP contribution in [0.4, 0.5) is 0 Å². The van der Waals surface area contributed by atoms with Crippen molar-refractivity contribution in [2.45, 2.75) is 18.4 Å². The molecule has 122 valence electrons. The van der Waals surface area contributed by atoms with Crippen LogP contribution in [0.5, 0.6) is 0 Å². The maximum atomic E-state index is 12.9. The van der Waals surface area contributed by atoms with Crippen LogP contribution in [-0.2, 0) is 10.3 Å². The van der Waals surface area contributed by atoms with E-state index in [0.29, 0.717) is 37.6 Å². The van der Waals surface area contributed by atoms with E-state index in [1.165, 1.54) is 0 Å². The SMILES string of the molecule is O=C(NC1(c2ncccn2)CCOCC1)c1n[nH]c2ccccc12. The number of carbonyl (C=O) groups excluding carboxylic acids is 1. The number of hydrogen-bond acceptors (Lipinski definition) is 5. The summed E-state index contributed by atoms with van der Waals surface area (Å²) in [5.41, 5.74) is 0.587. The van der Waals surface area contributed by atoms with Crippen molar-refractivity contribution in [2.75, 3.05) is 13.2 Å². The zero-order chi connectivity index (χ0) is 16.4. The molecule has 1 aliphatic heterocycles. The minimum Gasteiger partial charge on any atom is -0.381 e. The quantitative estimate of drug-likeness (QED) is 0.766. The number of fused-ring (bicyclic) bond motifs is 1. The highest BCUT2D eigenvalue weighted by Crippen LogP contribution is 2.30. The number of nitrogens with one attached hydrogen (secondary N) is 2.